The number of likely N-dealkylation sites (N-methyl/N-ethyl adjacent to an activating group) is 2. The Balaban J connectivity index is 1.13. The average molecular weight is 973 g/mol. The standard InChI is InChI=1S/C69H84N2O2/c1-13-17-19-21-23-25-49(15-3)69(50(16-4)26-24-22-20-18-14-2)59-43-48(33-37-53(59)54-38-36-52(44-60(54)69)68(8,9)10)45-27-29-46(30-28-45)61-57-41-39-56-55(63(57)70(11)65(61)72)40-42-58-62(66(73)71(12)64(56)58)47-31-34-51(35-32-47)67(5,6)7/h27-44,49-50H,13-26H2,1-12H3. The molecule has 73 heavy (non-hydrogen) atoms. The van der Waals surface area contributed by atoms with Crippen molar-refractivity contribution in [2.75, 3.05) is 23.9 Å². The molecule has 0 saturated carbocycles. The maximum absolute atomic E-state index is 14.5. The molecule has 0 spiro atoms. The van der Waals surface area contributed by atoms with Crippen molar-refractivity contribution in [3.63, 3.8) is 0 Å². The second kappa shape index (κ2) is 20.9. The molecule has 0 N–H and O–H groups in total. The molecule has 0 radical (unpaired) electrons. The van der Waals surface area contributed by atoms with Gasteiger partial charge in [0.15, 0.2) is 0 Å². The minimum Gasteiger partial charge on any atom is -0.310 e. The molecular formula is C69H84N2O2. The van der Waals surface area contributed by atoms with Crippen LogP contribution in [0.1, 0.15) is 193 Å². The first-order valence-corrected chi connectivity index (χ1v) is 28.4. The van der Waals surface area contributed by atoms with Gasteiger partial charge in [-0.2, -0.15) is 0 Å². The van der Waals surface area contributed by atoms with E-state index < -0.39 is 0 Å². The molecule has 1 aliphatic carbocycles. The fourth-order valence-electron chi connectivity index (χ4n) is 13.5. The summed E-state index contributed by atoms with van der Waals surface area (Å²) in [6.07, 6.45) is 17.9. The SMILES string of the molecule is CCCCCCCC(CC)C1(C(CC)CCCCCCC)c2cc(-c3ccc(C4=c5ccc6c7c(ccc6c5N(C)C4=O)=C(c4ccc(C(C)(C)C)cc4)C(=O)N7C)cc3)ccc2-c2ccc(C(C)(C)C)cc21. The van der Waals surface area contributed by atoms with E-state index in [9.17, 15) is 9.59 Å². The summed E-state index contributed by atoms with van der Waals surface area (Å²) in [5.41, 5.74) is 16.1. The Bertz CT molecular complexity index is 3140. The number of hydrogen-bond donors (Lipinski definition) is 0. The second-order valence-electron chi connectivity index (χ2n) is 24.2. The third-order valence-corrected chi connectivity index (χ3v) is 17.6. The highest BCUT2D eigenvalue weighted by atomic mass is 16.2. The Morgan fingerprint density at radius 3 is 1.29 bits per heavy atom. The van der Waals surface area contributed by atoms with E-state index in [0.717, 1.165) is 54.9 Å². The van der Waals surface area contributed by atoms with Gasteiger partial charge in [-0.1, -0.05) is 249 Å². The van der Waals surface area contributed by atoms with Crippen LogP contribution in [0.3, 0.4) is 0 Å². The van der Waals surface area contributed by atoms with Crippen LogP contribution in [0.15, 0.2) is 109 Å². The van der Waals surface area contributed by atoms with Crippen LogP contribution in [0.25, 0.3) is 44.2 Å². The lowest BCUT2D eigenvalue weighted by molar-refractivity contribution is -0.113. The molecule has 382 valence electrons. The van der Waals surface area contributed by atoms with Gasteiger partial charge >= 0.3 is 0 Å². The number of nitrogens with zero attached hydrogens (tertiary/aromatic N) is 2. The van der Waals surface area contributed by atoms with Gasteiger partial charge in [0.2, 0.25) is 0 Å². The largest absolute Gasteiger partial charge is 0.310 e. The van der Waals surface area contributed by atoms with E-state index in [2.05, 4.69) is 178 Å². The Morgan fingerprint density at radius 1 is 0.438 bits per heavy atom. The van der Waals surface area contributed by atoms with E-state index in [0.29, 0.717) is 11.8 Å². The van der Waals surface area contributed by atoms with Gasteiger partial charge in [0.1, 0.15) is 0 Å². The molecule has 2 aliphatic heterocycles. The van der Waals surface area contributed by atoms with E-state index in [1.807, 2.05) is 19.0 Å². The molecule has 2 heterocycles. The molecule has 4 nitrogen and oxygen atoms in total. The van der Waals surface area contributed by atoms with Crippen molar-refractivity contribution in [2.24, 2.45) is 11.8 Å². The molecule has 0 fully saturated rings. The number of rotatable bonds is 19. The van der Waals surface area contributed by atoms with Crippen LogP contribution in [-0.2, 0) is 25.8 Å². The lowest BCUT2D eigenvalue weighted by Crippen LogP contribution is -2.42. The predicted molar refractivity (Wildman–Crippen MR) is 311 cm³/mol. The van der Waals surface area contributed by atoms with E-state index >= 15 is 0 Å². The molecule has 4 heteroatoms. The minimum absolute atomic E-state index is 0.0116. The van der Waals surface area contributed by atoms with Gasteiger partial charge in [0.05, 0.1) is 22.5 Å². The fraction of sp³-hybridized carbons (Fsp3) is 0.449. The predicted octanol–water partition coefficient (Wildman–Crippen LogP) is 16.5. The first-order valence-electron chi connectivity index (χ1n) is 28.4. The third-order valence-electron chi connectivity index (χ3n) is 17.6. The van der Waals surface area contributed by atoms with Gasteiger partial charge < -0.3 is 9.80 Å². The lowest BCUT2D eigenvalue weighted by Gasteiger charge is -2.46. The summed E-state index contributed by atoms with van der Waals surface area (Å²) in [7, 11) is 3.76. The van der Waals surface area contributed by atoms with Gasteiger partial charge in [-0.25, -0.2) is 0 Å². The average Bonchev–Trinajstić information content (AvgIpc) is 3.92. The van der Waals surface area contributed by atoms with Crippen LogP contribution in [-0.4, -0.2) is 25.9 Å². The Kier molecular flexibility index (Phi) is 14.9. The Morgan fingerprint density at radius 2 is 0.836 bits per heavy atom. The van der Waals surface area contributed by atoms with Gasteiger partial charge in [0.25, 0.3) is 11.8 Å². The van der Waals surface area contributed by atoms with Crippen molar-refractivity contribution >= 4 is 45.1 Å². The molecule has 3 aliphatic rings. The summed E-state index contributed by atoms with van der Waals surface area (Å²) < 4.78 is 0. The zero-order valence-electron chi connectivity index (χ0n) is 46.7. The zero-order chi connectivity index (χ0) is 52.0. The van der Waals surface area contributed by atoms with Gasteiger partial charge in [-0.05, 0) is 97.2 Å². The number of hydrogen-bond acceptors (Lipinski definition) is 2. The third kappa shape index (κ3) is 9.22. The maximum Gasteiger partial charge on any atom is 0.259 e. The van der Waals surface area contributed by atoms with Crippen molar-refractivity contribution in [3.8, 4) is 22.3 Å². The number of unbranched alkanes of at least 4 members (excludes halogenated alkanes) is 8. The molecular weight excluding hydrogens is 889 g/mol. The molecule has 6 aromatic carbocycles. The summed E-state index contributed by atoms with van der Waals surface area (Å²) in [6, 6.07) is 40.6. The van der Waals surface area contributed by atoms with Crippen molar-refractivity contribution in [2.45, 2.75) is 175 Å². The van der Waals surface area contributed by atoms with E-state index in [-0.39, 0.29) is 28.1 Å². The fourth-order valence-corrected chi connectivity index (χ4v) is 13.5. The summed E-state index contributed by atoms with van der Waals surface area (Å²) in [5.74, 6) is 1.05. The topological polar surface area (TPSA) is 40.6 Å². The van der Waals surface area contributed by atoms with Crippen LogP contribution in [0.2, 0.25) is 0 Å². The van der Waals surface area contributed by atoms with Gasteiger partial charge in [0, 0.05) is 40.7 Å². The molecule has 2 unspecified atom stereocenters. The quantitative estimate of drug-likeness (QED) is 0.0759. The second-order valence-corrected chi connectivity index (χ2v) is 24.2. The zero-order valence-corrected chi connectivity index (χ0v) is 46.7. The van der Waals surface area contributed by atoms with E-state index in [4.69, 9.17) is 0 Å². The van der Waals surface area contributed by atoms with Crippen molar-refractivity contribution < 1.29 is 9.59 Å². The molecule has 0 aromatic heterocycles. The van der Waals surface area contributed by atoms with E-state index in [1.54, 1.807) is 16.0 Å². The van der Waals surface area contributed by atoms with Crippen molar-refractivity contribution in [3.05, 3.63) is 153 Å². The molecule has 6 aromatic rings. The molecule has 0 saturated heterocycles. The summed E-state index contributed by atoms with van der Waals surface area (Å²) in [4.78, 5) is 32.1. The smallest absolute Gasteiger partial charge is 0.259 e. The van der Waals surface area contributed by atoms with E-state index in [1.165, 1.54) is 123 Å². The number of benzene rings is 6. The summed E-state index contributed by atoms with van der Waals surface area (Å²) >= 11 is 0. The lowest BCUT2D eigenvalue weighted by atomic mass is 9.56. The number of anilines is 2. The van der Waals surface area contributed by atoms with Crippen LogP contribution in [0.4, 0.5) is 11.4 Å². The highest BCUT2D eigenvalue weighted by Gasteiger charge is 2.52. The monoisotopic (exact) mass is 973 g/mol. The van der Waals surface area contributed by atoms with Gasteiger partial charge in [-0.3, -0.25) is 9.59 Å². The minimum atomic E-state index is -0.0798. The molecule has 2 amide bonds. The maximum atomic E-state index is 14.5. The number of carbonyl (C=O) groups is 2. The van der Waals surface area contributed by atoms with Crippen molar-refractivity contribution in [1.29, 1.82) is 0 Å². The first kappa shape index (κ1) is 52.1. The molecule has 0 bridgehead atoms. The first-order chi connectivity index (χ1) is 35.0. The molecule has 9 rings (SSSR count). The normalized spacial score (nSPS) is 17.2. The Hall–Kier alpha value is -5.74. The highest BCUT2D eigenvalue weighted by Crippen LogP contribution is 2.61. The summed E-state index contributed by atoms with van der Waals surface area (Å²) in [5, 5.41) is 3.80. The van der Waals surface area contributed by atoms with Crippen LogP contribution >= 0.6 is 0 Å². The number of carbonyl (C=O) groups excluding carboxylic acids is 2. The summed E-state index contributed by atoms with van der Waals surface area (Å²) in [6.45, 7) is 23.4. The Labute approximate surface area is 439 Å². The highest BCUT2D eigenvalue weighted by molar-refractivity contribution is 6.34. The van der Waals surface area contributed by atoms with Gasteiger partial charge in [-0.15, -0.1) is 0 Å². The van der Waals surface area contributed by atoms with Crippen molar-refractivity contribution in [1.82, 2.24) is 0 Å². The molecule has 2 atom stereocenters. The number of amides is 2. The van der Waals surface area contributed by atoms with Crippen LogP contribution in [0.5, 0.6) is 0 Å². The van der Waals surface area contributed by atoms with Crippen LogP contribution in [0, 0.1) is 11.8 Å². The number of fused-ring (bicyclic) bond motifs is 8. The van der Waals surface area contributed by atoms with Crippen LogP contribution < -0.4 is 20.2 Å².